The molecule has 3 nitrogen and oxygen atoms in total. The molecular formula is C17H22N2OS. The highest BCUT2D eigenvalue weighted by atomic mass is 32.2. The van der Waals surface area contributed by atoms with Gasteiger partial charge in [0.1, 0.15) is 0 Å². The standard InChI is InChI=1S/C17H22N2OS/c1-13(21-15-5-3-2-4-6-15)11-17(20)18-16-12-19-9-7-14(16)8-10-19/h2-6,11,14,16H,7-10,12H2,1H3,(H,18,20)/t16-/m0/s1. The maximum atomic E-state index is 12.2. The molecule has 4 heteroatoms. The average Bonchev–Trinajstić information content (AvgIpc) is 2.49. The Kier molecular flexibility index (Phi) is 4.66. The molecule has 2 bridgehead atoms. The molecule has 0 radical (unpaired) electrons. The molecule has 1 aromatic rings. The maximum Gasteiger partial charge on any atom is 0.245 e. The molecule has 3 heterocycles. The molecule has 0 saturated carbocycles. The summed E-state index contributed by atoms with van der Waals surface area (Å²) in [5.74, 6) is 0.726. The number of hydrogen-bond acceptors (Lipinski definition) is 3. The number of carbonyl (C=O) groups excluding carboxylic acids is 1. The van der Waals surface area contributed by atoms with Crippen molar-refractivity contribution in [2.24, 2.45) is 5.92 Å². The number of benzene rings is 1. The predicted molar refractivity (Wildman–Crippen MR) is 87.2 cm³/mol. The first-order chi connectivity index (χ1) is 10.2. The molecule has 112 valence electrons. The van der Waals surface area contributed by atoms with Crippen molar-refractivity contribution in [1.29, 1.82) is 0 Å². The number of nitrogens with one attached hydrogen (secondary N) is 1. The first kappa shape index (κ1) is 14.7. The van der Waals surface area contributed by atoms with Gasteiger partial charge in [0, 0.05) is 23.6 Å². The Morgan fingerprint density at radius 3 is 2.62 bits per heavy atom. The predicted octanol–water partition coefficient (Wildman–Crippen LogP) is 2.89. The van der Waals surface area contributed by atoms with Gasteiger partial charge in [-0.3, -0.25) is 4.79 Å². The van der Waals surface area contributed by atoms with Crippen molar-refractivity contribution in [3.05, 3.63) is 41.3 Å². The number of thioether (sulfide) groups is 1. The second kappa shape index (κ2) is 6.67. The maximum absolute atomic E-state index is 12.2. The van der Waals surface area contributed by atoms with Crippen molar-refractivity contribution in [2.75, 3.05) is 19.6 Å². The normalized spacial score (nSPS) is 28.4. The monoisotopic (exact) mass is 302 g/mol. The van der Waals surface area contributed by atoms with Gasteiger partial charge in [0.2, 0.25) is 5.91 Å². The van der Waals surface area contributed by atoms with Gasteiger partial charge in [0.05, 0.1) is 0 Å². The van der Waals surface area contributed by atoms with E-state index in [0.29, 0.717) is 12.0 Å². The van der Waals surface area contributed by atoms with Gasteiger partial charge in [-0.2, -0.15) is 0 Å². The van der Waals surface area contributed by atoms with E-state index in [4.69, 9.17) is 0 Å². The fraction of sp³-hybridized carbons (Fsp3) is 0.471. The lowest BCUT2D eigenvalue weighted by Crippen LogP contribution is -2.57. The summed E-state index contributed by atoms with van der Waals surface area (Å²) in [6.07, 6.45) is 4.19. The van der Waals surface area contributed by atoms with Crippen molar-refractivity contribution >= 4 is 17.7 Å². The Morgan fingerprint density at radius 2 is 2.00 bits per heavy atom. The Balaban J connectivity index is 1.54. The minimum Gasteiger partial charge on any atom is -0.348 e. The smallest absolute Gasteiger partial charge is 0.245 e. The van der Waals surface area contributed by atoms with Crippen LogP contribution in [0, 0.1) is 5.92 Å². The van der Waals surface area contributed by atoms with Crippen LogP contribution in [0.5, 0.6) is 0 Å². The third-order valence-corrected chi connectivity index (χ3v) is 5.29. The summed E-state index contributed by atoms with van der Waals surface area (Å²) in [7, 11) is 0. The quantitative estimate of drug-likeness (QED) is 0.685. The number of piperidine rings is 3. The molecule has 0 aromatic heterocycles. The molecule has 4 rings (SSSR count). The van der Waals surface area contributed by atoms with Crippen LogP contribution in [0.1, 0.15) is 19.8 Å². The van der Waals surface area contributed by atoms with Crippen LogP contribution in [0.25, 0.3) is 0 Å². The fourth-order valence-electron chi connectivity index (χ4n) is 3.24. The number of rotatable bonds is 4. The van der Waals surface area contributed by atoms with Crippen LogP contribution in [0.2, 0.25) is 0 Å². The summed E-state index contributed by atoms with van der Waals surface area (Å²) in [5.41, 5.74) is 0. The Morgan fingerprint density at radius 1 is 1.29 bits per heavy atom. The summed E-state index contributed by atoms with van der Waals surface area (Å²) in [5, 5.41) is 3.20. The van der Waals surface area contributed by atoms with Gasteiger partial charge in [-0.25, -0.2) is 0 Å². The topological polar surface area (TPSA) is 32.3 Å². The minimum absolute atomic E-state index is 0.0506. The van der Waals surface area contributed by atoms with E-state index in [-0.39, 0.29) is 5.91 Å². The van der Waals surface area contributed by atoms with Gasteiger partial charge in [0.25, 0.3) is 0 Å². The van der Waals surface area contributed by atoms with Crippen LogP contribution < -0.4 is 5.32 Å². The molecule has 21 heavy (non-hydrogen) atoms. The van der Waals surface area contributed by atoms with Crippen molar-refractivity contribution in [2.45, 2.75) is 30.7 Å². The van der Waals surface area contributed by atoms with Crippen LogP contribution >= 0.6 is 11.8 Å². The number of amides is 1. The van der Waals surface area contributed by atoms with Crippen molar-refractivity contribution in [3.63, 3.8) is 0 Å². The van der Waals surface area contributed by atoms with Crippen LogP contribution in [0.15, 0.2) is 46.2 Å². The van der Waals surface area contributed by atoms with Crippen LogP contribution in [-0.2, 0) is 4.79 Å². The largest absolute Gasteiger partial charge is 0.348 e. The number of hydrogen-bond donors (Lipinski definition) is 1. The summed E-state index contributed by atoms with van der Waals surface area (Å²) >= 11 is 1.64. The third-order valence-electron chi connectivity index (χ3n) is 4.34. The van der Waals surface area contributed by atoms with Crippen LogP contribution in [0.4, 0.5) is 0 Å². The summed E-state index contributed by atoms with van der Waals surface area (Å²) < 4.78 is 0. The average molecular weight is 302 g/mol. The molecule has 1 atom stereocenters. The molecule has 0 spiro atoms. The molecule has 3 aliphatic rings. The van der Waals surface area contributed by atoms with E-state index in [1.807, 2.05) is 25.1 Å². The number of nitrogens with zero attached hydrogens (tertiary/aromatic N) is 1. The molecule has 3 aliphatic heterocycles. The van der Waals surface area contributed by atoms with E-state index in [2.05, 4.69) is 22.3 Å². The van der Waals surface area contributed by atoms with E-state index in [9.17, 15) is 4.79 Å². The fourth-order valence-corrected chi connectivity index (χ4v) is 4.07. The highest BCUT2D eigenvalue weighted by Crippen LogP contribution is 2.28. The molecule has 0 unspecified atom stereocenters. The number of carbonyl (C=O) groups is 1. The van der Waals surface area contributed by atoms with Crippen molar-refractivity contribution in [1.82, 2.24) is 10.2 Å². The molecule has 1 aromatic carbocycles. The lowest BCUT2D eigenvalue weighted by Gasteiger charge is -2.44. The second-order valence-corrected chi connectivity index (χ2v) is 7.24. The Bertz CT molecular complexity index is 521. The lowest BCUT2D eigenvalue weighted by atomic mass is 9.84. The zero-order chi connectivity index (χ0) is 14.7. The van der Waals surface area contributed by atoms with Crippen molar-refractivity contribution < 1.29 is 4.79 Å². The molecular weight excluding hydrogens is 280 g/mol. The minimum atomic E-state index is 0.0506. The zero-order valence-electron chi connectivity index (χ0n) is 12.4. The zero-order valence-corrected chi connectivity index (χ0v) is 13.2. The van der Waals surface area contributed by atoms with Gasteiger partial charge in [-0.15, -0.1) is 0 Å². The third kappa shape index (κ3) is 3.89. The van der Waals surface area contributed by atoms with E-state index in [1.165, 1.54) is 30.8 Å². The van der Waals surface area contributed by atoms with Crippen LogP contribution in [-0.4, -0.2) is 36.5 Å². The first-order valence-electron chi connectivity index (χ1n) is 7.65. The summed E-state index contributed by atoms with van der Waals surface area (Å²) in [6.45, 7) is 5.43. The van der Waals surface area contributed by atoms with Gasteiger partial charge in [-0.05, 0) is 55.8 Å². The van der Waals surface area contributed by atoms with Crippen LogP contribution in [0.3, 0.4) is 0 Å². The first-order valence-corrected chi connectivity index (χ1v) is 8.46. The number of fused-ring (bicyclic) bond motifs is 3. The molecule has 3 saturated heterocycles. The van der Waals surface area contributed by atoms with Gasteiger partial charge in [0.15, 0.2) is 0 Å². The highest BCUT2D eigenvalue weighted by molar-refractivity contribution is 8.03. The Hall–Kier alpha value is -1.26. The summed E-state index contributed by atoms with van der Waals surface area (Å²) in [6, 6.07) is 10.5. The van der Waals surface area contributed by atoms with E-state index in [0.717, 1.165) is 11.4 Å². The van der Waals surface area contributed by atoms with Crippen molar-refractivity contribution in [3.8, 4) is 0 Å². The molecule has 0 aliphatic carbocycles. The molecule has 1 N–H and O–H groups in total. The summed E-state index contributed by atoms with van der Waals surface area (Å²) in [4.78, 5) is 16.8. The SMILES string of the molecule is CC(=CC(=O)N[C@H]1CN2CCC1CC2)Sc1ccccc1. The Labute approximate surface area is 130 Å². The van der Waals surface area contributed by atoms with E-state index < -0.39 is 0 Å². The van der Waals surface area contributed by atoms with Gasteiger partial charge in [-0.1, -0.05) is 30.0 Å². The lowest BCUT2D eigenvalue weighted by molar-refractivity contribution is -0.118. The van der Waals surface area contributed by atoms with E-state index >= 15 is 0 Å². The highest BCUT2D eigenvalue weighted by Gasteiger charge is 2.34. The molecule has 1 amide bonds. The van der Waals surface area contributed by atoms with E-state index in [1.54, 1.807) is 17.8 Å². The molecule has 3 fully saturated rings. The second-order valence-electron chi connectivity index (χ2n) is 5.92. The van der Waals surface area contributed by atoms with Gasteiger partial charge < -0.3 is 10.2 Å². The number of allylic oxidation sites excluding steroid dienone is 1. The van der Waals surface area contributed by atoms with Gasteiger partial charge >= 0.3 is 0 Å².